The highest BCUT2D eigenvalue weighted by atomic mass is 16.5. The first-order valence-corrected chi connectivity index (χ1v) is 9.22. The average Bonchev–Trinajstić information content (AvgIpc) is 2.74. The molecule has 0 aliphatic carbocycles. The summed E-state index contributed by atoms with van der Waals surface area (Å²) in [6.45, 7) is 4.30. The minimum atomic E-state index is -0.364. The number of nitrogens with zero attached hydrogens (tertiary/aromatic N) is 1. The molecule has 0 spiro atoms. The molecule has 0 bridgehead atoms. The number of pyridine rings is 1. The molecule has 6 heteroatoms. The number of benzene rings is 2. The summed E-state index contributed by atoms with van der Waals surface area (Å²) in [4.78, 5) is 29.1. The highest BCUT2D eigenvalue weighted by Gasteiger charge is 2.13. The standard InChI is InChI=1S/C23H23N3O3/c1-15-8-9-19(12-16(15)2)26-22(27)17-10-11-24-20(13-17)23(28)25-14-18-6-4-5-7-21(18)29-3/h4-13H,14H2,1-3H3,(H,25,28)(H,26,27). The van der Waals surface area contributed by atoms with Crippen LogP contribution in [0.25, 0.3) is 0 Å². The number of anilines is 1. The smallest absolute Gasteiger partial charge is 0.270 e. The van der Waals surface area contributed by atoms with Gasteiger partial charge in [0.25, 0.3) is 11.8 Å². The molecule has 0 saturated carbocycles. The molecule has 0 atom stereocenters. The van der Waals surface area contributed by atoms with E-state index >= 15 is 0 Å². The van der Waals surface area contributed by atoms with Crippen LogP contribution in [0.1, 0.15) is 37.5 Å². The van der Waals surface area contributed by atoms with Crippen LogP contribution in [0.5, 0.6) is 5.75 Å². The zero-order chi connectivity index (χ0) is 20.8. The number of aryl methyl sites for hydroxylation is 2. The van der Waals surface area contributed by atoms with Crippen molar-refractivity contribution < 1.29 is 14.3 Å². The monoisotopic (exact) mass is 389 g/mol. The van der Waals surface area contributed by atoms with Crippen LogP contribution in [-0.2, 0) is 6.54 Å². The number of hydrogen-bond acceptors (Lipinski definition) is 4. The van der Waals surface area contributed by atoms with Crippen molar-refractivity contribution in [3.63, 3.8) is 0 Å². The number of para-hydroxylation sites is 1. The Labute approximate surface area is 169 Å². The van der Waals surface area contributed by atoms with E-state index in [0.717, 1.165) is 16.7 Å². The van der Waals surface area contributed by atoms with Gasteiger partial charge in [0.2, 0.25) is 0 Å². The quantitative estimate of drug-likeness (QED) is 0.670. The lowest BCUT2D eigenvalue weighted by Crippen LogP contribution is -2.24. The minimum Gasteiger partial charge on any atom is -0.496 e. The summed E-state index contributed by atoms with van der Waals surface area (Å²) < 4.78 is 5.29. The average molecular weight is 389 g/mol. The molecule has 148 valence electrons. The number of nitrogens with one attached hydrogen (secondary N) is 2. The van der Waals surface area contributed by atoms with Crippen LogP contribution >= 0.6 is 0 Å². The van der Waals surface area contributed by atoms with Gasteiger partial charge in [-0.05, 0) is 55.3 Å². The molecule has 2 amide bonds. The van der Waals surface area contributed by atoms with Gasteiger partial charge in [0.05, 0.1) is 7.11 Å². The van der Waals surface area contributed by atoms with E-state index in [-0.39, 0.29) is 17.5 Å². The van der Waals surface area contributed by atoms with Gasteiger partial charge in [-0.2, -0.15) is 0 Å². The highest BCUT2D eigenvalue weighted by Crippen LogP contribution is 2.17. The Morgan fingerprint density at radius 2 is 1.76 bits per heavy atom. The molecule has 2 N–H and O–H groups in total. The third-order valence-corrected chi connectivity index (χ3v) is 4.65. The zero-order valence-electron chi connectivity index (χ0n) is 16.7. The molecular weight excluding hydrogens is 366 g/mol. The molecule has 1 heterocycles. The van der Waals surface area contributed by atoms with Crippen LogP contribution in [0.4, 0.5) is 5.69 Å². The first-order valence-electron chi connectivity index (χ1n) is 9.22. The number of amides is 2. The maximum atomic E-state index is 12.6. The van der Waals surface area contributed by atoms with Gasteiger partial charge in [-0.25, -0.2) is 0 Å². The largest absolute Gasteiger partial charge is 0.496 e. The van der Waals surface area contributed by atoms with Crippen LogP contribution in [0, 0.1) is 13.8 Å². The van der Waals surface area contributed by atoms with E-state index < -0.39 is 0 Å². The van der Waals surface area contributed by atoms with E-state index in [1.807, 2.05) is 56.3 Å². The minimum absolute atomic E-state index is 0.174. The number of ether oxygens (including phenoxy) is 1. The first-order chi connectivity index (χ1) is 14.0. The van der Waals surface area contributed by atoms with Crippen molar-refractivity contribution in [2.75, 3.05) is 12.4 Å². The molecule has 3 rings (SSSR count). The lowest BCUT2D eigenvalue weighted by Gasteiger charge is -2.10. The lowest BCUT2D eigenvalue weighted by molar-refractivity contribution is 0.0945. The molecule has 6 nitrogen and oxygen atoms in total. The number of carbonyl (C=O) groups excluding carboxylic acids is 2. The van der Waals surface area contributed by atoms with Crippen LogP contribution in [0.2, 0.25) is 0 Å². The molecule has 0 aliphatic heterocycles. The van der Waals surface area contributed by atoms with E-state index in [4.69, 9.17) is 4.74 Å². The second-order valence-corrected chi connectivity index (χ2v) is 6.68. The van der Waals surface area contributed by atoms with E-state index in [0.29, 0.717) is 23.5 Å². The molecule has 0 radical (unpaired) electrons. The van der Waals surface area contributed by atoms with E-state index in [1.54, 1.807) is 13.2 Å². The van der Waals surface area contributed by atoms with Crippen molar-refractivity contribution in [3.8, 4) is 5.75 Å². The third kappa shape index (κ3) is 4.99. The van der Waals surface area contributed by atoms with Crippen LogP contribution in [0.3, 0.4) is 0 Å². The Hall–Kier alpha value is -3.67. The molecule has 0 fully saturated rings. The van der Waals surface area contributed by atoms with Crippen molar-refractivity contribution >= 4 is 17.5 Å². The maximum Gasteiger partial charge on any atom is 0.270 e. The van der Waals surface area contributed by atoms with E-state index in [2.05, 4.69) is 15.6 Å². The van der Waals surface area contributed by atoms with Crippen molar-refractivity contribution in [2.45, 2.75) is 20.4 Å². The predicted octanol–water partition coefficient (Wildman–Crippen LogP) is 3.89. The first kappa shape index (κ1) is 20.1. The number of aromatic nitrogens is 1. The molecular formula is C23H23N3O3. The van der Waals surface area contributed by atoms with Gasteiger partial charge in [0.1, 0.15) is 11.4 Å². The summed E-state index contributed by atoms with van der Waals surface area (Å²) in [6, 6.07) is 16.2. The number of hydrogen-bond donors (Lipinski definition) is 2. The fourth-order valence-electron chi connectivity index (χ4n) is 2.83. The van der Waals surface area contributed by atoms with Gasteiger partial charge in [0.15, 0.2) is 0 Å². The number of carbonyl (C=O) groups is 2. The normalized spacial score (nSPS) is 10.3. The summed E-state index contributed by atoms with van der Waals surface area (Å²) in [6.07, 6.45) is 1.45. The van der Waals surface area contributed by atoms with Crippen LogP contribution in [0.15, 0.2) is 60.8 Å². The summed E-state index contributed by atoms with van der Waals surface area (Å²) in [5.74, 6) is 0.0356. The summed E-state index contributed by atoms with van der Waals surface area (Å²) in [5.41, 5.74) is 4.34. The molecule has 0 unspecified atom stereocenters. The Balaban J connectivity index is 1.68. The van der Waals surface area contributed by atoms with Gasteiger partial charge in [-0.1, -0.05) is 24.3 Å². The van der Waals surface area contributed by atoms with Crippen LogP contribution in [-0.4, -0.2) is 23.9 Å². The maximum absolute atomic E-state index is 12.6. The van der Waals surface area contributed by atoms with Crippen molar-refractivity contribution in [3.05, 3.63) is 88.7 Å². The second-order valence-electron chi connectivity index (χ2n) is 6.68. The van der Waals surface area contributed by atoms with Crippen molar-refractivity contribution in [1.29, 1.82) is 0 Å². The summed E-state index contributed by atoms with van der Waals surface area (Å²) in [5, 5.41) is 5.66. The SMILES string of the molecule is COc1ccccc1CNC(=O)c1cc(C(=O)Nc2ccc(C)c(C)c2)ccn1. The van der Waals surface area contributed by atoms with Gasteiger partial charge >= 0.3 is 0 Å². The van der Waals surface area contributed by atoms with E-state index in [9.17, 15) is 9.59 Å². The number of methoxy groups -OCH3 is 1. The lowest BCUT2D eigenvalue weighted by atomic mass is 10.1. The Morgan fingerprint density at radius 1 is 0.966 bits per heavy atom. The topological polar surface area (TPSA) is 80.3 Å². The fraction of sp³-hybridized carbons (Fsp3) is 0.174. The third-order valence-electron chi connectivity index (χ3n) is 4.65. The summed E-state index contributed by atoms with van der Waals surface area (Å²) >= 11 is 0. The molecule has 1 aromatic heterocycles. The van der Waals surface area contributed by atoms with Gasteiger partial charge < -0.3 is 15.4 Å². The number of rotatable bonds is 6. The Bertz CT molecular complexity index is 1050. The molecule has 3 aromatic rings. The van der Waals surface area contributed by atoms with Gasteiger partial charge in [-0.3, -0.25) is 14.6 Å². The fourth-order valence-corrected chi connectivity index (χ4v) is 2.83. The molecule has 0 aliphatic rings. The molecule has 2 aromatic carbocycles. The predicted molar refractivity (Wildman–Crippen MR) is 112 cm³/mol. The van der Waals surface area contributed by atoms with Gasteiger partial charge in [0, 0.05) is 29.6 Å². The molecule has 0 saturated heterocycles. The van der Waals surface area contributed by atoms with Crippen molar-refractivity contribution in [1.82, 2.24) is 10.3 Å². The molecule has 29 heavy (non-hydrogen) atoms. The highest BCUT2D eigenvalue weighted by molar-refractivity contribution is 6.05. The zero-order valence-corrected chi connectivity index (χ0v) is 16.7. The van der Waals surface area contributed by atoms with E-state index in [1.165, 1.54) is 12.3 Å². The summed E-state index contributed by atoms with van der Waals surface area (Å²) in [7, 11) is 1.58. The van der Waals surface area contributed by atoms with Crippen molar-refractivity contribution in [2.24, 2.45) is 0 Å². The Morgan fingerprint density at radius 3 is 2.52 bits per heavy atom. The Kier molecular flexibility index (Phi) is 6.24. The van der Waals surface area contributed by atoms with Crippen LogP contribution < -0.4 is 15.4 Å². The second kappa shape index (κ2) is 9.01. The van der Waals surface area contributed by atoms with Gasteiger partial charge in [-0.15, -0.1) is 0 Å².